The number of para-hydroxylation sites is 1. The summed E-state index contributed by atoms with van der Waals surface area (Å²) in [6.07, 6.45) is 0. The number of thiazole rings is 1. The van der Waals surface area contributed by atoms with E-state index in [1.807, 2.05) is 60.8 Å². The van der Waals surface area contributed by atoms with Crippen LogP contribution in [0.1, 0.15) is 15.4 Å². The van der Waals surface area contributed by atoms with Gasteiger partial charge in [-0.3, -0.25) is 4.79 Å². The van der Waals surface area contributed by atoms with Gasteiger partial charge in [-0.1, -0.05) is 42.0 Å². The molecule has 21 heavy (non-hydrogen) atoms. The van der Waals surface area contributed by atoms with E-state index in [1.165, 1.54) is 16.9 Å². The summed E-state index contributed by atoms with van der Waals surface area (Å²) in [6.45, 7) is 2.04. The van der Waals surface area contributed by atoms with Crippen LogP contribution in [-0.2, 0) is 0 Å². The summed E-state index contributed by atoms with van der Waals surface area (Å²) in [6, 6.07) is 17.5. The smallest absolute Gasteiger partial charge is 0.284 e. The molecular weight excluding hydrogens is 280 g/mol. The normalized spacial score (nSPS) is 10.3. The highest BCUT2D eigenvalue weighted by Gasteiger charge is 2.12. The minimum Gasteiger partial charge on any atom is -0.320 e. The number of aryl methyl sites for hydroxylation is 1. The number of aromatic nitrogens is 1. The first kappa shape index (κ1) is 13.5. The van der Waals surface area contributed by atoms with Gasteiger partial charge in [0.25, 0.3) is 5.91 Å². The Labute approximate surface area is 127 Å². The van der Waals surface area contributed by atoms with Crippen LogP contribution in [0.25, 0.3) is 11.3 Å². The Morgan fingerprint density at radius 1 is 1.10 bits per heavy atom. The molecule has 0 saturated heterocycles. The van der Waals surface area contributed by atoms with E-state index in [0.717, 1.165) is 16.9 Å². The second-order valence-corrected chi connectivity index (χ2v) is 5.59. The fourth-order valence-electron chi connectivity index (χ4n) is 2.02. The number of nitrogens with one attached hydrogen (secondary N) is 1. The first-order valence-electron chi connectivity index (χ1n) is 6.61. The van der Waals surface area contributed by atoms with Gasteiger partial charge >= 0.3 is 0 Å². The van der Waals surface area contributed by atoms with Gasteiger partial charge in [-0.15, -0.1) is 11.3 Å². The fourth-order valence-corrected chi connectivity index (χ4v) is 2.74. The predicted molar refractivity (Wildman–Crippen MR) is 86.7 cm³/mol. The number of nitrogens with zero attached hydrogens (tertiary/aromatic N) is 1. The molecule has 3 aromatic rings. The molecule has 0 radical (unpaired) electrons. The molecule has 0 saturated carbocycles. The number of hydrogen-bond acceptors (Lipinski definition) is 3. The monoisotopic (exact) mass is 294 g/mol. The molecule has 0 fully saturated rings. The Morgan fingerprint density at radius 2 is 1.90 bits per heavy atom. The van der Waals surface area contributed by atoms with Crippen molar-refractivity contribution < 1.29 is 4.79 Å². The van der Waals surface area contributed by atoms with Crippen LogP contribution in [-0.4, -0.2) is 10.9 Å². The average Bonchev–Trinajstić information content (AvgIpc) is 2.98. The van der Waals surface area contributed by atoms with Crippen LogP contribution in [0.2, 0.25) is 0 Å². The largest absolute Gasteiger partial charge is 0.320 e. The summed E-state index contributed by atoms with van der Waals surface area (Å²) in [5.41, 5.74) is 3.82. The Morgan fingerprint density at radius 3 is 2.67 bits per heavy atom. The van der Waals surface area contributed by atoms with Crippen LogP contribution < -0.4 is 5.32 Å². The standard InChI is InChI=1S/C17H14N2OS/c1-12-6-5-7-13(10-12)15-11-21-17(19-15)16(20)18-14-8-3-2-4-9-14/h2-11H,1H3,(H,18,20). The highest BCUT2D eigenvalue weighted by molar-refractivity contribution is 7.12. The maximum Gasteiger partial charge on any atom is 0.284 e. The molecule has 0 aliphatic carbocycles. The molecule has 104 valence electrons. The molecule has 3 rings (SSSR count). The number of anilines is 1. The number of hydrogen-bond donors (Lipinski definition) is 1. The van der Waals surface area contributed by atoms with Gasteiger partial charge in [0.2, 0.25) is 0 Å². The molecule has 0 aliphatic heterocycles. The van der Waals surface area contributed by atoms with Crippen molar-refractivity contribution in [2.45, 2.75) is 6.92 Å². The van der Waals surface area contributed by atoms with E-state index in [0.29, 0.717) is 5.01 Å². The number of carbonyl (C=O) groups excluding carboxylic acids is 1. The van der Waals surface area contributed by atoms with Crippen LogP contribution >= 0.6 is 11.3 Å². The fraction of sp³-hybridized carbons (Fsp3) is 0.0588. The summed E-state index contributed by atoms with van der Waals surface area (Å²) in [5, 5.41) is 5.22. The molecule has 0 spiro atoms. The second kappa shape index (κ2) is 5.89. The quantitative estimate of drug-likeness (QED) is 0.779. The summed E-state index contributed by atoms with van der Waals surface area (Å²) >= 11 is 1.35. The van der Waals surface area contributed by atoms with Gasteiger partial charge in [-0.25, -0.2) is 4.98 Å². The van der Waals surface area contributed by atoms with Crippen LogP contribution in [0.4, 0.5) is 5.69 Å². The molecule has 2 aromatic carbocycles. The van der Waals surface area contributed by atoms with Crippen molar-refractivity contribution in [1.82, 2.24) is 4.98 Å². The van der Waals surface area contributed by atoms with E-state index >= 15 is 0 Å². The predicted octanol–water partition coefficient (Wildman–Crippen LogP) is 4.37. The second-order valence-electron chi connectivity index (χ2n) is 4.73. The zero-order valence-corrected chi connectivity index (χ0v) is 12.4. The molecule has 0 atom stereocenters. The van der Waals surface area contributed by atoms with Gasteiger partial charge in [0.15, 0.2) is 5.01 Å². The lowest BCUT2D eigenvalue weighted by molar-refractivity contribution is 0.102. The van der Waals surface area contributed by atoms with Crippen molar-refractivity contribution in [1.29, 1.82) is 0 Å². The third-order valence-corrected chi connectivity index (χ3v) is 3.88. The number of benzene rings is 2. The van der Waals surface area contributed by atoms with Crippen molar-refractivity contribution in [3.05, 3.63) is 70.5 Å². The van der Waals surface area contributed by atoms with E-state index in [9.17, 15) is 4.79 Å². The molecule has 0 unspecified atom stereocenters. The molecule has 1 N–H and O–H groups in total. The van der Waals surface area contributed by atoms with Gasteiger partial charge in [0.1, 0.15) is 0 Å². The zero-order chi connectivity index (χ0) is 14.7. The molecule has 0 bridgehead atoms. The lowest BCUT2D eigenvalue weighted by atomic mass is 10.1. The molecule has 1 amide bonds. The maximum atomic E-state index is 12.2. The van der Waals surface area contributed by atoms with Crippen LogP contribution in [0, 0.1) is 6.92 Å². The summed E-state index contributed by atoms with van der Waals surface area (Å²) in [5.74, 6) is -0.176. The number of amides is 1. The van der Waals surface area contributed by atoms with Gasteiger partial charge in [0, 0.05) is 16.6 Å². The van der Waals surface area contributed by atoms with Crippen molar-refractivity contribution in [3.8, 4) is 11.3 Å². The summed E-state index contributed by atoms with van der Waals surface area (Å²) in [7, 11) is 0. The SMILES string of the molecule is Cc1cccc(-c2csc(C(=O)Nc3ccccc3)n2)c1. The van der Waals surface area contributed by atoms with E-state index in [-0.39, 0.29) is 5.91 Å². The van der Waals surface area contributed by atoms with Crippen molar-refractivity contribution in [3.63, 3.8) is 0 Å². The van der Waals surface area contributed by atoms with Crippen LogP contribution in [0.5, 0.6) is 0 Å². The third-order valence-electron chi connectivity index (χ3n) is 3.04. The van der Waals surface area contributed by atoms with Crippen LogP contribution in [0.3, 0.4) is 0 Å². The molecule has 1 heterocycles. The Kier molecular flexibility index (Phi) is 3.79. The molecule has 0 aliphatic rings. The van der Waals surface area contributed by atoms with E-state index in [4.69, 9.17) is 0 Å². The van der Waals surface area contributed by atoms with Gasteiger partial charge < -0.3 is 5.32 Å². The lowest BCUT2D eigenvalue weighted by Gasteiger charge is -2.01. The highest BCUT2D eigenvalue weighted by atomic mass is 32.1. The first-order chi connectivity index (χ1) is 10.2. The first-order valence-corrected chi connectivity index (χ1v) is 7.49. The Balaban J connectivity index is 1.80. The average molecular weight is 294 g/mol. The molecule has 1 aromatic heterocycles. The van der Waals surface area contributed by atoms with Crippen molar-refractivity contribution >= 4 is 22.9 Å². The van der Waals surface area contributed by atoms with Crippen molar-refractivity contribution in [2.75, 3.05) is 5.32 Å². The van der Waals surface area contributed by atoms with Gasteiger partial charge in [0.05, 0.1) is 5.69 Å². The van der Waals surface area contributed by atoms with Crippen LogP contribution in [0.15, 0.2) is 60.0 Å². The molecule has 4 heteroatoms. The van der Waals surface area contributed by atoms with Crippen molar-refractivity contribution in [2.24, 2.45) is 0 Å². The minimum absolute atomic E-state index is 0.176. The zero-order valence-electron chi connectivity index (χ0n) is 11.5. The van der Waals surface area contributed by atoms with Gasteiger partial charge in [-0.05, 0) is 25.1 Å². The topological polar surface area (TPSA) is 42.0 Å². The maximum absolute atomic E-state index is 12.2. The Bertz CT molecular complexity index is 765. The summed E-state index contributed by atoms with van der Waals surface area (Å²) < 4.78 is 0. The van der Waals surface area contributed by atoms with E-state index in [1.54, 1.807) is 0 Å². The van der Waals surface area contributed by atoms with Gasteiger partial charge in [-0.2, -0.15) is 0 Å². The lowest BCUT2D eigenvalue weighted by Crippen LogP contribution is -2.11. The molecular formula is C17H14N2OS. The number of rotatable bonds is 3. The van der Waals surface area contributed by atoms with E-state index < -0.39 is 0 Å². The van der Waals surface area contributed by atoms with E-state index in [2.05, 4.69) is 16.4 Å². The highest BCUT2D eigenvalue weighted by Crippen LogP contribution is 2.23. The molecule has 3 nitrogen and oxygen atoms in total. The minimum atomic E-state index is -0.176. The number of carbonyl (C=O) groups is 1. The Hall–Kier alpha value is -2.46. The summed E-state index contributed by atoms with van der Waals surface area (Å²) in [4.78, 5) is 16.6. The third kappa shape index (κ3) is 3.17.